The third-order valence-electron chi connectivity index (χ3n) is 3.29. The van der Waals surface area contributed by atoms with Crippen LogP contribution in [0.5, 0.6) is 0 Å². The summed E-state index contributed by atoms with van der Waals surface area (Å²) in [5, 5.41) is 10.7. The fraction of sp³-hybridized carbons (Fsp3) is 0.583. The number of aryl methyl sites for hydroxylation is 1. The summed E-state index contributed by atoms with van der Waals surface area (Å²) < 4.78 is 0. The van der Waals surface area contributed by atoms with Crippen LogP contribution >= 0.6 is 0 Å². The molecule has 1 fully saturated rings. The zero-order valence-electron chi connectivity index (χ0n) is 10.8. The molecule has 0 aliphatic carbocycles. The first kappa shape index (κ1) is 12.9. The molecule has 0 radical (unpaired) electrons. The summed E-state index contributed by atoms with van der Waals surface area (Å²) in [5.41, 5.74) is 1.49. The number of nitro groups is 1. The minimum atomic E-state index is -0.387. The van der Waals surface area contributed by atoms with Crippen LogP contribution in [0.4, 0.5) is 5.69 Å². The van der Waals surface area contributed by atoms with Crippen LogP contribution in [0.3, 0.4) is 0 Å². The second-order valence-electron chi connectivity index (χ2n) is 4.74. The van der Waals surface area contributed by atoms with Gasteiger partial charge < -0.3 is 4.90 Å². The second kappa shape index (κ2) is 5.41. The zero-order chi connectivity index (χ0) is 13.1. The molecule has 0 aromatic carbocycles. The molecular weight excluding hydrogens is 232 g/mol. The Morgan fingerprint density at radius 1 is 1.33 bits per heavy atom. The van der Waals surface area contributed by atoms with Gasteiger partial charge in [-0.25, -0.2) is 4.98 Å². The van der Waals surface area contributed by atoms with Crippen molar-refractivity contribution in [2.75, 3.05) is 33.2 Å². The third kappa shape index (κ3) is 3.02. The molecule has 1 aromatic rings. The second-order valence-corrected chi connectivity index (χ2v) is 4.74. The number of hydrogen-bond acceptors (Lipinski definition) is 5. The molecule has 1 aliphatic heterocycles. The number of pyridine rings is 1. The molecule has 1 aromatic heterocycles. The highest BCUT2D eigenvalue weighted by Crippen LogP contribution is 2.16. The van der Waals surface area contributed by atoms with E-state index in [1.807, 2.05) is 0 Å². The highest BCUT2D eigenvalue weighted by Gasteiger charge is 2.16. The van der Waals surface area contributed by atoms with Gasteiger partial charge in [0.05, 0.1) is 10.6 Å². The summed E-state index contributed by atoms with van der Waals surface area (Å²) in [6, 6.07) is 3.30. The van der Waals surface area contributed by atoms with Crippen LogP contribution in [0.15, 0.2) is 12.1 Å². The molecule has 98 valence electrons. The van der Waals surface area contributed by atoms with E-state index in [9.17, 15) is 10.1 Å². The molecule has 0 bridgehead atoms. The molecular formula is C12H18N4O2. The predicted octanol–water partition coefficient (Wildman–Crippen LogP) is 1.05. The Morgan fingerprint density at radius 2 is 2.00 bits per heavy atom. The molecule has 0 unspecified atom stereocenters. The number of piperazine rings is 1. The van der Waals surface area contributed by atoms with Crippen molar-refractivity contribution in [3.8, 4) is 0 Å². The van der Waals surface area contributed by atoms with Crippen LogP contribution < -0.4 is 0 Å². The topological polar surface area (TPSA) is 62.5 Å². The summed E-state index contributed by atoms with van der Waals surface area (Å²) in [6.07, 6.45) is 0. The van der Waals surface area contributed by atoms with Crippen LogP contribution in [0.25, 0.3) is 0 Å². The highest BCUT2D eigenvalue weighted by molar-refractivity contribution is 5.35. The van der Waals surface area contributed by atoms with Gasteiger partial charge in [0.2, 0.25) is 0 Å². The van der Waals surface area contributed by atoms with Crippen molar-refractivity contribution < 1.29 is 4.92 Å². The van der Waals surface area contributed by atoms with Crippen LogP contribution in [-0.2, 0) is 6.54 Å². The van der Waals surface area contributed by atoms with E-state index in [1.165, 1.54) is 0 Å². The summed E-state index contributed by atoms with van der Waals surface area (Å²) in [7, 11) is 2.12. The Morgan fingerprint density at radius 3 is 2.56 bits per heavy atom. The van der Waals surface area contributed by atoms with Crippen molar-refractivity contribution in [1.29, 1.82) is 0 Å². The van der Waals surface area contributed by atoms with Gasteiger partial charge in [0.25, 0.3) is 5.69 Å². The Kier molecular flexibility index (Phi) is 3.88. The Balaban J connectivity index is 2.02. The van der Waals surface area contributed by atoms with Gasteiger partial charge in [-0.15, -0.1) is 0 Å². The maximum absolute atomic E-state index is 10.7. The number of nitrogens with zero attached hydrogens (tertiary/aromatic N) is 4. The van der Waals surface area contributed by atoms with Gasteiger partial charge in [0.15, 0.2) is 0 Å². The van der Waals surface area contributed by atoms with E-state index in [0.717, 1.165) is 38.4 Å². The van der Waals surface area contributed by atoms with E-state index in [2.05, 4.69) is 21.8 Å². The monoisotopic (exact) mass is 250 g/mol. The molecule has 6 heteroatoms. The fourth-order valence-corrected chi connectivity index (χ4v) is 2.12. The van der Waals surface area contributed by atoms with Gasteiger partial charge in [-0.05, 0) is 20.0 Å². The van der Waals surface area contributed by atoms with Gasteiger partial charge in [-0.1, -0.05) is 0 Å². The molecule has 6 nitrogen and oxygen atoms in total. The van der Waals surface area contributed by atoms with Crippen molar-refractivity contribution in [2.24, 2.45) is 0 Å². The molecule has 0 N–H and O–H groups in total. The fourth-order valence-electron chi connectivity index (χ4n) is 2.12. The van der Waals surface area contributed by atoms with Crippen molar-refractivity contribution in [1.82, 2.24) is 14.8 Å². The van der Waals surface area contributed by atoms with E-state index in [0.29, 0.717) is 5.69 Å². The van der Waals surface area contributed by atoms with Crippen molar-refractivity contribution >= 4 is 5.69 Å². The average Bonchev–Trinajstić information content (AvgIpc) is 2.32. The summed E-state index contributed by atoms with van der Waals surface area (Å²) in [6.45, 7) is 6.62. The Hall–Kier alpha value is -1.53. The van der Waals surface area contributed by atoms with E-state index in [-0.39, 0.29) is 10.6 Å². The number of rotatable bonds is 3. The van der Waals surface area contributed by atoms with E-state index < -0.39 is 0 Å². The lowest BCUT2D eigenvalue weighted by atomic mass is 10.2. The lowest BCUT2D eigenvalue weighted by molar-refractivity contribution is -0.385. The average molecular weight is 250 g/mol. The molecule has 0 spiro atoms. The van der Waals surface area contributed by atoms with E-state index >= 15 is 0 Å². The quantitative estimate of drug-likeness (QED) is 0.592. The molecule has 2 heterocycles. The minimum Gasteiger partial charge on any atom is -0.304 e. The van der Waals surface area contributed by atoms with E-state index in [4.69, 9.17) is 0 Å². The molecule has 1 saturated heterocycles. The molecule has 18 heavy (non-hydrogen) atoms. The van der Waals surface area contributed by atoms with Gasteiger partial charge in [0.1, 0.15) is 5.69 Å². The lowest BCUT2D eigenvalue weighted by Gasteiger charge is -2.32. The Bertz CT molecular complexity index is 442. The highest BCUT2D eigenvalue weighted by atomic mass is 16.6. The summed E-state index contributed by atoms with van der Waals surface area (Å²) in [4.78, 5) is 19.3. The largest absolute Gasteiger partial charge is 0.304 e. The predicted molar refractivity (Wildman–Crippen MR) is 68.4 cm³/mol. The number of aromatic nitrogens is 1. The van der Waals surface area contributed by atoms with Gasteiger partial charge in [0, 0.05) is 38.8 Å². The number of hydrogen-bond donors (Lipinski definition) is 0. The van der Waals surface area contributed by atoms with Gasteiger partial charge in [-0.2, -0.15) is 0 Å². The lowest BCUT2D eigenvalue weighted by Crippen LogP contribution is -2.44. The smallest absolute Gasteiger partial charge is 0.290 e. The van der Waals surface area contributed by atoms with Crippen LogP contribution in [0.2, 0.25) is 0 Å². The first-order valence-electron chi connectivity index (χ1n) is 6.08. The maximum Gasteiger partial charge on any atom is 0.290 e. The van der Waals surface area contributed by atoms with E-state index in [1.54, 1.807) is 19.1 Å². The normalized spacial score (nSPS) is 17.9. The van der Waals surface area contributed by atoms with Crippen molar-refractivity contribution in [3.63, 3.8) is 0 Å². The molecule has 2 rings (SSSR count). The van der Waals surface area contributed by atoms with Crippen LogP contribution in [0.1, 0.15) is 11.4 Å². The summed E-state index contributed by atoms with van der Waals surface area (Å²) in [5.74, 6) is 0. The van der Waals surface area contributed by atoms with Crippen molar-refractivity contribution in [2.45, 2.75) is 13.5 Å². The Labute approximate surface area is 106 Å². The van der Waals surface area contributed by atoms with Gasteiger partial charge >= 0.3 is 0 Å². The number of likely N-dealkylation sites (N-methyl/N-ethyl adjacent to an activating group) is 1. The first-order valence-corrected chi connectivity index (χ1v) is 6.08. The minimum absolute atomic E-state index is 0.0946. The van der Waals surface area contributed by atoms with Crippen LogP contribution in [0, 0.1) is 17.0 Å². The maximum atomic E-state index is 10.7. The molecule has 1 aliphatic rings. The SMILES string of the molecule is Cc1nc(CN2CCN(C)CC2)ccc1[N+](=O)[O-]. The van der Waals surface area contributed by atoms with Crippen molar-refractivity contribution in [3.05, 3.63) is 33.6 Å². The zero-order valence-corrected chi connectivity index (χ0v) is 10.8. The summed E-state index contributed by atoms with van der Waals surface area (Å²) >= 11 is 0. The third-order valence-corrected chi connectivity index (χ3v) is 3.29. The van der Waals surface area contributed by atoms with Crippen LogP contribution in [-0.4, -0.2) is 52.9 Å². The first-order chi connectivity index (χ1) is 8.56. The molecule has 0 atom stereocenters. The molecule has 0 saturated carbocycles. The standard InChI is InChI=1S/C12H18N4O2/c1-10-12(16(17)18)4-3-11(13-10)9-15-7-5-14(2)6-8-15/h3-4H,5-9H2,1-2H3. The van der Waals surface area contributed by atoms with Gasteiger partial charge in [-0.3, -0.25) is 15.0 Å². The molecule has 0 amide bonds.